The van der Waals surface area contributed by atoms with Gasteiger partial charge in [-0.2, -0.15) is 0 Å². The molecular weight excluding hydrogens is 228 g/mol. The van der Waals surface area contributed by atoms with Crippen molar-refractivity contribution in [1.82, 2.24) is 10.2 Å². The second kappa shape index (κ2) is 8.77. The van der Waals surface area contributed by atoms with Gasteiger partial charge in [0.2, 0.25) is 0 Å². The lowest BCUT2D eigenvalue weighted by atomic mass is 10.1. The zero-order chi connectivity index (χ0) is 13.3. The third kappa shape index (κ3) is 6.75. The molecule has 0 aromatic carbocycles. The number of rotatable bonds is 8. The summed E-state index contributed by atoms with van der Waals surface area (Å²) >= 11 is 0. The normalized spacial score (nSPS) is 11.9. The average molecular weight is 248 g/mol. The van der Waals surface area contributed by atoms with E-state index in [9.17, 15) is 9.59 Å². The number of carbonyl (C=O) groups is 2. The molecule has 0 radical (unpaired) electrons. The molecule has 17 heavy (non-hydrogen) atoms. The highest BCUT2D eigenvalue weighted by Crippen LogP contribution is 2.00. The molecule has 0 aliphatic heterocycles. The molecule has 4 N–H and O–H groups in total. The highest BCUT2D eigenvalue weighted by atomic mass is 16.4. The molecule has 0 aliphatic carbocycles. The van der Waals surface area contributed by atoms with Gasteiger partial charge in [-0.05, 0) is 6.42 Å². The smallest absolute Gasteiger partial charge is 0.317 e. The van der Waals surface area contributed by atoms with Crippen molar-refractivity contribution < 1.29 is 24.9 Å². The van der Waals surface area contributed by atoms with Crippen LogP contribution in [0.25, 0.3) is 0 Å². The molecule has 7 nitrogen and oxygen atoms in total. The molecule has 1 atom stereocenters. The van der Waals surface area contributed by atoms with Crippen LogP contribution in [0.15, 0.2) is 0 Å². The fraction of sp³-hybridized carbons (Fsp3) is 0.800. The maximum atomic E-state index is 11.5. The van der Waals surface area contributed by atoms with Crippen molar-refractivity contribution >= 4 is 12.0 Å². The Hall–Kier alpha value is -1.34. The molecule has 0 spiro atoms. The van der Waals surface area contributed by atoms with E-state index in [4.69, 9.17) is 15.3 Å². The molecule has 0 saturated carbocycles. The summed E-state index contributed by atoms with van der Waals surface area (Å²) in [4.78, 5) is 23.3. The molecule has 1 unspecified atom stereocenters. The van der Waals surface area contributed by atoms with Gasteiger partial charge in [-0.1, -0.05) is 6.92 Å². The summed E-state index contributed by atoms with van der Waals surface area (Å²) < 4.78 is 0. The number of carboxylic acid groups (broad SMARTS) is 1. The summed E-state index contributed by atoms with van der Waals surface area (Å²) in [5, 5.41) is 28.6. The van der Waals surface area contributed by atoms with Crippen LogP contribution in [-0.2, 0) is 4.79 Å². The molecular formula is C10H20N2O5. The second-order valence-corrected chi connectivity index (χ2v) is 3.69. The minimum atomic E-state index is -0.901. The number of hydrogen-bond donors (Lipinski definition) is 4. The lowest BCUT2D eigenvalue weighted by Gasteiger charge is -2.21. The predicted molar refractivity (Wildman–Crippen MR) is 60.6 cm³/mol. The lowest BCUT2D eigenvalue weighted by molar-refractivity contribution is -0.141. The fourth-order valence-corrected chi connectivity index (χ4v) is 1.19. The van der Waals surface area contributed by atoms with Crippen LogP contribution in [-0.4, -0.2) is 65.1 Å². The first-order chi connectivity index (χ1) is 8.02. The van der Waals surface area contributed by atoms with Crippen LogP contribution in [0.4, 0.5) is 4.79 Å². The van der Waals surface area contributed by atoms with Crippen molar-refractivity contribution in [2.45, 2.75) is 13.3 Å². The molecule has 100 valence electrons. The Labute approximate surface area is 100 Å². The van der Waals surface area contributed by atoms with Crippen molar-refractivity contribution in [3.05, 3.63) is 0 Å². The van der Waals surface area contributed by atoms with E-state index >= 15 is 0 Å². The first-order valence-electron chi connectivity index (χ1n) is 5.50. The SMILES string of the molecule is CC(CCNC(=O)N(CCO)CCO)C(=O)O. The molecule has 0 aromatic heterocycles. The molecule has 0 aliphatic rings. The monoisotopic (exact) mass is 248 g/mol. The highest BCUT2D eigenvalue weighted by molar-refractivity contribution is 5.74. The number of nitrogens with zero attached hydrogens (tertiary/aromatic N) is 1. The zero-order valence-corrected chi connectivity index (χ0v) is 9.93. The second-order valence-electron chi connectivity index (χ2n) is 3.69. The summed E-state index contributed by atoms with van der Waals surface area (Å²) in [6.07, 6.45) is 0.340. The van der Waals surface area contributed by atoms with E-state index in [1.807, 2.05) is 0 Å². The van der Waals surface area contributed by atoms with E-state index < -0.39 is 17.9 Å². The van der Waals surface area contributed by atoms with Gasteiger partial charge in [0, 0.05) is 19.6 Å². The van der Waals surface area contributed by atoms with Gasteiger partial charge < -0.3 is 25.5 Å². The van der Waals surface area contributed by atoms with Gasteiger partial charge >= 0.3 is 12.0 Å². The van der Waals surface area contributed by atoms with Crippen LogP contribution in [0.3, 0.4) is 0 Å². The van der Waals surface area contributed by atoms with E-state index in [-0.39, 0.29) is 32.8 Å². The Morgan fingerprint density at radius 3 is 2.18 bits per heavy atom. The van der Waals surface area contributed by atoms with Crippen LogP contribution in [0, 0.1) is 5.92 Å². The minimum absolute atomic E-state index is 0.140. The lowest BCUT2D eigenvalue weighted by Crippen LogP contribution is -2.43. The number of carboxylic acids is 1. The third-order valence-corrected chi connectivity index (χ3v) is 2.30. The number of aliphatic carboxylic acids is 1. The van der Waals surface area contributed by atoms with Crippen molar-refractivity contribution in [3.8, 4) is 0 Å². The van der Waals surface area contributed by atoms with Crippen LogP contribution in [0.1, 0.15) is 13.3 Å². The average Bonchev–Trinajstić information content (AvgIpc) is 2.28. The first kappa shape index (κ1) is 15.7. The maximum absolute atomic E-state index is 11.5. The molecule has 0 rings (SSSR count). The molecule has 0 heterocycles. The molecule has 2 amide bonds. The fourth-order valence-electron chi connectivity index (χ4n) is 1.19. The van der Waals surface area contributed by atoms with Crippen molar-refractivity contribution in [2.24, 2.45) is 5.92 Å². The quantitative estimate of drug-likeness (QED) is 0.444. The number of aliphatic hydroxyl groups is 2. The molecule has 0 aromatic rings. The topological polar surface area (TPSA) is 110 Å². The number of urea groups is 1. The van der Waals surface area contributed by atoms with Gasteiger partial charge in [0.1, 0.15) is 0 Å². The molecule has 0 bridgehead atoms. The molecule has 7 heteroatoms. The number of aliphatic hydroxyl groups excluding tert-OH is 2. The number of amides is 2. The van der Waals surface area contributed by atoms with Crippen LogP contribution < -0.4 is 5.32 Å². The van der Waals surface area contributed by atoms with E-state index in [2.05, 4.69) is 5.32 Å². The first-order valence-corrected chi connectivity index (χ1v) is 5.50. The van der Waals surface area contributed by atoms with Crippen LogP contribution in [0.5, 0.6) is 0 Å². The van der Waals surface area contributed by atoms with Crippen molar-refractivity contribution in [2.75, 3.05) is 32.8 Å². The largest absolute Gasteiger partial charge is 0.481 e. The highest BCUT2D eigenvalue weighted by Gasteiger charge is 2.14. The van der Waals surface area contributed by atoms with Crippen molar-refractivity contribution in [3.63, 3.8) is 0 Å². The number of nitrogens with one attached hydrogen (secondary N) is 1. The molecule has 0 saturated heterocycles. The Kier molecular flexibility index (Phi) is 8.08. The van der Waals surface area contributed by atoms with Gasteiger partial charge in [-0.25, -0.2) is 4.79 Å². The number of hydrogen-bond acceptors (Lipinski definition) is 4. The van der Waals surface area contributed by atoms with Crippen molar-refractivity contribution in [1.29, 1.82) is 0 Å². The summed E-state index contributed by atoms with van der Waals surface area (Å²) in [6.45, 7) is 1.73. The minimum Gasteiger partial charge on any atom is -0.481 e. The summed E-state index contributed by atoms with van der Waals surface area (Å²) in [6, 6.07) is -0.411. The Balaban J connectivity index is 3.92. The van der Waals surface area contributed by atoms with E-state index in [1.54, 1.807) is 6.92 Å². The Bertz CT molecular complexity index is 241. The third-order valence-electron chi connectivity index (χ3n) is 2.30. The predicted octanol–water partition coefficient (Wildman–Crippen LogP) is -0.907. The summed E-state index contributed by atoms with van der Waals surface area (Å²) in [5.41, 5.74) is 0. The van der Waals surface area contributed by atoms with Gasteiger partial charge in [-0.3, -0.25) is 4.79 Å². The van der Waals surface area contributed by atoms with E-state index in [0.29, 0.717) is 6.42 Å². The van der Waals surface area contributed by atoms with E-state index in [1.165, 1.54) is 4.90 Å². The maximum Gasteiger partial charge on any atom is 0.317 e. The van der Waals surface area contributed by atoms with Gasteiger partial charge in [0.05, 0.1) is 19.1 Å². The van der Waals surface area contributed by atoms with E-state index in [0.717, 1.165) is 0 Å². The standard InChI is InChI=1S/C10H20N2O5/c1-8(9(15)16)2-3-11-10(17)12(4-6-13)5-7-14/h8,13-14H,2-7H2,1H3,(H,11,17)(H,15,16). The zero-order valence-electron chi connectivity index (χ0n) is 9.93. The molecule has 0 fully saturated rings. The van der Waals surface area contributed by atoms with Crippen LogP contribution in [0.2, 0.25) is 0 Å². The van der Waals surface area contributed by atoms with Gasteiger partial charge in [0.15, 0.2) is 0 Å². The van der Waals surface area contributed by atoms with Gasteiger partial charge in [-0.15, -0.1) is 0 Å². The number of carbonyl (C=O) groups excluding carboxylic acids is 1. The summed E-state index contributed by atoms with van der Waals surface area (Å²) in [7, 11) is 0. The Morgan fingerprint density at radius 1 is 1.24 bits per heavy atom. The van der Waals surface area contributed by atoms with Gasteiger partial charge in [0.25, 0.3) is 0 Å². The van der Waals surface area contributed by atoms with Crippen LogP contribution >= 0.6 is 0 Å². The Morgan fingerprint density at radius 2 is 1.76 bits per heavy atom. The summed E-state index contributed by atoms with van der Waals surface area (Å²) in [5.74, 6) is -1.42.